The van der Waals surface area contributed by atoms with Crippen molar-refractivity contribution in [2.45, 2.75) is 131 Å². The number of unbranched alkanes of at least 4 members (excludes halogenated alkanes) is 1. The smallest absolute Gasteiger partial charge is 0.319 e. The number of benzene rings is 6. The Kier molecular flexibility index (Phi) is 26.4. The van der Waals surface area contributed by atoms with Crippen molar-refractivity contribution in [3.63, 3.8) is 0 Å². The van der Waals surface area contributed by atoms with Gasteiger partial charge in [0.25, 0.3) is 11.8 Å². The first-order chi connectivity index (χ1) is 42.7. The van der Waals surface area contributed by atoms with E-state index in [2.05, 4.69) is 67.8 Å². The third-order valence-corrected chi connectivity index (χ3v) is 15.2. The van der Waals surface area contributed by atoms with Crippen molar-refractivity contribution in [1.82, 2.24) is 25.6 Å². The Morgan fingerprint density at radius 1 is 0.477 bits per heavy atom. The number of piperidine rings is 1. The Balaban J connectivity index is 0.000000251. The molecule has 2 fully saturated rings. The first kappa shape index (κ1) is 67.0. The van der Waals surface area contributed by atoms with Crippen molar-refractivity contribution in [2.75, 3.05) is 81.3 Å². The molecule has 6 aromatic carbocycles. The van der Waals surface area contributed by atoms with E-state index in [4.69, 9.17) is 28.4 Å². The molecule has 88 heavy (non-hydrogen) atoms. The van der Waals surface area contributed by atoms with E-state index >= 15 is 0 Å². The van der Waals surface area contributed by atoms with Crippen LogP contribution in [0.5, 0.6) is 46.0 Å². The zero-order valence-corrected chi connectivity index (χ0v) is 52.7. The summed E-state index contributed by atoms with van der Waals surface area (Å²) in [4.78, 5) is 52.9. The van der Waals surface area contributed by atoms with Crippen molar-refractivity contribution in [1.29, 1.82) is 0 Å². The van der Waals surface area contributed by atoms with E-state index in [9.17, 15) is 19.2 Å². The number of hydrazine groups is 1. The number of nitrogens with zero attached hydrogens (tertiary/aromatic N) is 3. The molecule has 6 N–H and O–H groups in total. The van der Waals surface area contributed by atoms with Gasteiger partial charge in [-0.3, -0.25) is 14.5 Å². The van der Waals surface area contributed by atoms with Crippen molar-refractivity contribution in [3.8, 4) is 46.0 Å². The second-order valence-electron chi connectivity index (χ2n) is 21.9. The Morgan fingerprint density at radius 2 is 0.875 bits per heavy atom. The molecule has 8 rings (SSSR count). The van der Waals surface area contributed by atoms with Crippen molar-refractivity contribution >= 4 is 46.6 Å². The Hall–Kier alpha value is -8.52. The van der Waals surface area contributed by atoms with Crippen LogP contribution in [0.15, 0.2) is 133 Å². The van der Waals surface area contributed by atoms with Gasteiger partial charge in [0.2, 0.25) is 0 Å². The van der Waals surface area contributed by atoms with Crippen LogP contribution in [0.25, 0.3) is 0 Å². The lowest BCUT2D eigenvalue weighted by molar-refractivity contribution is -0.0231. The molecule has 2 aliphatic rings. The lowest BCUT2D eigenvalue weighted by atomic mass is 10.1. The summed E-state index contributed by atoms with van der Waals surface area (Å²) in [5.74, 6) is 4.36. The number of urea groups is 2. The van der Waals surface area contributed by atoms with Crippen LogP contribution in [0.4, 0.5) is 32.3 Å². The highest BCUT2D eigenvalue weighted by Crippen LogP contribution is 2.37. The third-order valence-electron chi connectivity index (χ3n) is 15.2. The van der Waals surface area contributed by atoms with E-state index in [-0.39, 0.29) is 48.2 Å². The largest absolute Gasteiger partial charge is 0.490 e. The Bertz CT molecular complexity index is 3110. The van der Waals surface area contributed by atoms with Crippen molar-refractivity contribution < 1.29 is 47.6 Å². The lowest BCUT2D eigenvalue weighted by Crippen LogP contribution is -2.45. The maximum Gasteiger partial charge on any atom is 0.319 e. The van der Waals surface area contributed by atoms with Crippen molar-refractivity contribution in [2.24, 2.45) is 0 Å². The van der Waals surface area contributed by atoms with Gasteiger partial charge in [0, 0.05) is 98.4 Å². The van der Waals surface area contributed by atoms with Gasteiger partial charge in [-0.15, -0.1) is 0 Å². The highest BCUT2D eigenvalue weighted by molar-refractivity contribution is 6.05. The number of amides is 6. The third kappa shape index (κ3) is 21.1. The quantitative estimate of drug-likeness (QED) is 0.0271. The molecule has 0 aliphatic carbocycles. The minimum absolute atomic E-state index is 0.124. The minimum atomic E-state index is -0.256. The summed E-state index contributed by atoms with van der Waals surface area (Å²) in [5.41, 5.74) is 3.60. The van der Waals surface area contributed by atoms with Gasteiger partial charge in [-0.25, -0.2) is 19.6 Å². The molecule has 0 saturated carbocycles. The first-order valence-corrected chi connectivity index (χ1v) is 31.2. The van der Waals surface area contributed by atoms with Gasteiger partial charge < -0.3 is 60.3 Å². The molecule has 2 heterocycles. The van der Waals surface area contributed by atoms with Crippen molar-refractivity contribution in [3.05, 3.63) is 145 Å². The molecule has 1 atom stereocenters. The van der Waals surface area contributed by atoms with Gasteiger partial charge in [0.15, 0.2) is 23.0 Å². The lowest BCUT2D eigenvalue weighted by Gasteiger charge is -2.35. The van der Waals surface area contributed by atoms with Crippen LogP contribution in [0.1, 0.15) is 127 Å². The maximum atomic E-state index is 12.9. The van der Waals surface area contributed by atoms with E-state index in [1.54, 1.807) is 109 Å². The zero-order chi connectivity index (χ0) is 62.8. The van der Waals surface area contributed by atoms with E-state index < -0.39 is 0 Å². The second-order valence-corrected chi connectivity index (χ2v) is 21.9. The minimum Gasteiger partial charge on any atom is -0.490 e. The van der Waals surface area contributed by atoms with E-state index in [0.717, 1.165) is 89.2 Å². The molecule has 0 bridgehead atoms. The van der Waals surface area contributed by atoms with Gasteiger partial charge in [-0.1, -0.05) is 41.0 Å². The highest BCUT2D eigenvalue weighted by Gasteiger charge is 2.25. The maximum absolute atomic E-state index is 12.9. The van der Waals surface area contributed by atoms with Gasteiger partial charge in [-0.05, 0) is 193 Å². The van der Waals surface area contributed by atoms with Crippen LogP contribution in [0.3, 0.4) is 0 Å². The molecule has 2 saturated heterocycles. The second kappa shape index (κ2) is 34.7. The molecule has 1 unspecified atom stereocenters. The molecule has 19 nitrogen and oxygen atoms in total. The molecule has 6 amide bonds. The zero-order valence-electron chi connectivity index (χ0n) is 52.7. The molecule has 19 heteroatoms. The molecular formula is C69H91N9O10. The fraction of sp³-hybridized carbons (Fsp3) is 0.420. The summed E-state index contributed by atoms with van der Waals surface area (Å²) in [7, 11) is 4.12. The molecule has 6 aromatic rings. The van der Waals surface area contributed by atoms with Gasteiger partial charge in [0.05, 0.1) is 13.2 Å². The number of rotatable bonds is 28. The average molecular weight is 1210 g/mol. The predicted octanol–water partition coefficient (Wildman–Crippen LogP) is 14.5. The summed E-state index contributed by atoms with van der Waals surface area (Å²) in [6.07, 6.45) is 9.20. The monoisotopic (exact) mass is 1210 g/mol. The number of ether oxygens (including phenoxy) is 6. The van der Waals surface area contributed by atoms with E-state index in [0.29, 0.717) is 81.6 Å². The highest BCUT2D eigenvalue weighted by atomic mass is 16.5. The molecule has 0 radical (unpaired) electrons. The Morgan fingerprint density at radius 3 is 1.27 bits per heavy atom. The SMILES string of the molecule is CCCCN1CCC(Oc2ccc(C(=O)Nc3ccc(Oc4ccc(NC(=O)NC(CC)CC)cc4OCC)cc3)cc2)C1.CCOc1cc(NC(=O)NC(CC)CC)ccc1Oc1ccc(NC(=O)c2ccc(OC3CCN(N(C)C)CC3)cc2)cc1. The predicted molar refractivity (Wildman–Crippen MR) is 349 cm³/mol. The average Bonchev–Trinajstić information content (AvgIpc) is 4.12. The number of anilines is 4. The number of nitrogens with one attached hydrogen (secondary N) is 6. The van der Waals surface area contributed by atoms with Gasteiger partial charge in [-0.2, -0.15) is 0 Å². The fourth-order valence-electron chi connectivity index (χ4n) is 10.0. The Labute approximate surface area is 520 Å². The molecule has 0 aromatic heterocycles. The van der Waals surface area contributed by atoms with Crippen LogP contribution in [-0.4, -0.2) is 123 Å². The summed E-state index contributed by atoms with van der Waals surface area (Å²) < 4.78 is 36.0. The summed E-state index contributed by atoms with van der Waals surface area (Å²) in [6.45, 7) is 20.1. The molecule has 472 valence electrons. The van der Waals surface area contributed by atoms with Crippen LogP contribution in [0, 0.1) is 0 Å². The normalized spacial score (nSPS) is 14.3. The number of hydrogen-bond donors (Lipinski definition) is 6. The number of hydrogen-bond acceptors (Lipinski definition) is 13. The standard InChI is InChI=1S/C35H46N4O5.C34H45N5O5/c1-5-9-21-39-22-20-31(24-39)43-29-15-10-25(11-16-29)34(40)36-27-12-17-30(18-13-27)44-32-19-14-28(23-33(32)42-8-4)38-35(41)37-26(6-2)7-3;1-6-25(7-2)36-34(41)37-27-13-18-31(32(23-27)42-8-3)44-29-16-11-26(12-17-29)35-33(40)24-9-14-28(15-10-24)43-30-19-21-39(22-20-30)38(4)5/h10-19,23,26,31H,5-9,20-22,24H2,1-4H3,(H,36,40)(H2,37,38,41);9-18,23,25,30H,6-8,19-22H2,1-5H3,(H,35,40)(H2,36,37,41). The summed E-state index contributed by atoms with van der Waals surface area (Å²) in [5, 5.41) is 21.9. The number of carbonyl (C=O) groups excluding carboxylic acids is 4. The van der Waals surface area contributed by atoms with Crippen LogP contribution in [0.2, 0.25) is 0 Å². The number of likely N-dealkylation sites (tertiary alicyclic amines) is 1. The molecule has 2 aliphatic heterocycles. The van der Waals surface area contributed by atoms with Crippen LogP contribution in [-0.2, 0) is 0 Å². The van der Waals surface area contributed by atoms with Gasteiger partial charge in [0.1, 0.15) is 35.2 Å². The first-order valence-electron chi connectivity index (χ1n) is 31.2. The summed E-state index contributed by atoms with van der Waals surface area (Å²) in [6, 6.07) is 39.1. The summed E-state index contributed by atoms with van der Waals surface area (Å²) >= 11 is 0. The molecule has 0 spiro atoms. The van der Waals surface area contributed by atoms with E-state index in [1.807, 2.05) is 65.8 Å². The van der Waals surface area contributed by atoms with Crippen LogP contribution < -0.4 is 60.3 Å². The van der Waals surface area contributed by atoms with Gasteiger partial charge >= 0.3 is 12.1 Å². The molecular weight excluding hydrogens is 1110 g/mol. The fourth-order valence-corrected chi connectivity index (χ4v) is 10.0. The van der Waals surface area contributed by atoms with E-state index in [1.165, 1.54) is 12.8 Å². The topological polar surface area (TPSA) is 206 Å². The van der Waals surface area contributed by atoms with Crippen LogP contribution >= 0.6 is 0 Å². The number of carbonyl (C=O) groups is 4.